The highest BCUT2D eigenvalue weighted by Gasteiger charge is 2.43. The molecule has 2 heterocycles. The topological polar surface area (TPSA) is 120 Å². The maximum atomic E-state index is 13.8. The fraction of sp³-hybridized carbons (Fsp3) is 0.300. The number of aromatic nitrogens is 2. The SMILES string of the molecule is CO/C(NCc1ccccc1F)=C(\C)C(=N)c1nc(O)c2c(n1)NC(=O)C2(C)C. The largest absolute Gasteiger partial charge is 0.493 e. The van der Waals surface area contributed by atoms with Crippen LogP contribution in [0, 0.1) is 11.2 Å². The summed E-state index contributed by atoms with van der Waals surface area (Å²) in [5, 5.41) is 24.3. The number of fused-ring (bicyclic) bond motifs is 1. The number of hydrogen-bond acceptors (Lipinski definition) is 7. The molecule has 0 saturated heterocycles. The minimum Gasteiger partial charge on any atom is -0.493 e. The molecule has 3 rings (SSSR count). The Labute approximate surface area is 167 Å². The quantitative estimate of drug-likeness (QED) is 0.438. The van der Waals surface area contributed by atoms with E-state index in [4.69, 9.17) is 10.1 Å². The molecule has 0 saturated carbocycles. The lowest BCUT2D eigenvalue weighted by Crippen LogP contribution is -2.27. The summed E-state index contributed by atoms with van der Waals surface area (Å²) >= 11 is 0. The first-order chi connectivity index (χ1) is 13.7. The molecule has 0 bridgehead atoms. The van der Waals surface area contributed by atoms with E-state index in [-0.39, 0.29) is 47.4 Å². The fourth-order valence-electron chi connectivity index (χ4n) is 3.06. The first-order valence-corrected chi connectivity index (χ1v) is 8.91. The van der Waals surface area contributed by atoms with Gasteiger partial charge in [0.05, 0.1) is 18.1 Å². The number of amides is 1. The summed E-state index contributed by atoms with van der Waals surface area (Å²) in [6.07, 6.45) is 0. The second kappa shape index (κ2) is 7.50. The van der Waals surface area contributed by atoms with Gasteiger partial charge in [0, 0.05) is 17.7 Å². The zero-order valence-electron chi connectivity index (χ0n) is 16.6. The molecule has 0 atom stereocenters. The van der Waals surface area contributed by atoms with Gasteiger partial charge in [-0.3, -0.25) is 10.2 Å². The molecule has 1 aromatic carbocycles. The van der Waals surface area contributed by atoms with Crippen LogP contribution in [0.3, 0.4) is 0 Å². The van der Waals surface area contributed by atoms with E-state index in [0.29, 0.717) is 16.7 Å². The molecule has 29 heavy (non-hydrogen) atoms. The number of halogens is 1. The standard InChI is InChI=1S/C20H22FN5O3/c1-10(18(29-4)23-9-11-7-5-6-8-12(11)21)14(22)16-24-15-13(17(27)25-16)20(2,3)19(28)26-15/h5-8,22-23H,9H2,1-4H3,(H2,24,25,26,27,28)/b18-10+,22-14?. The van der Waals surface area contributed by atoms with Gasteiger partial charge in [0.25, 0.3) is 0 Å². The molecule has 1 amide bonds. The molecular formula is C20H22FN5O3. The number of rotatable bonds is 6. The third-order valence-electron chi connectivity index (χ3n) is 4.86. The van der Waals surface area contributed by atoms with Crippen molar-refractivity contribution in [3.63, 3.8) is 0 Å². The van der Waals surface area contributed by atoms with Crippen molar-refractivity contribution in [3.05, 3.63) is 58.5 Å². The Morgan fingerprint density at radius 3 is 2.69 bits per heavy atom. The molecule has 1 aliphatic heterocycles. The van der Waals surface area contributed by atoms with Crippen molar-refractivity contribution >= 4 is 17.4 Å². The van der Waals surface area contributed by atoms with Crippen LogP contribution in [-0.4, -0.2) is 33.8 Å². The van der Waals surface area contributed by atoms with Crippen LogP contribution in [0.1, 0.15) is 37.7 Å². The van der Waals surface area contributed by atoms with Crippen molar-refractivity contribution in [1.82, 2.24) is 15.3 Å². The average Bonchev–Trinajstić information content (AvgIpc) is 2.91. The van der Waals surface area contributed by atoms with E-state index in [0.717, 1.165) is 0 Å². The van der Waals surface area contributed by atoms with Gasteiger partial charge in [-0.15, -0.1) is 0 Å². The number of benzene rings is 1. The average molecular weight is 399 g/mol. The van der Waals surface area contributed by atoms with Crippen LogP contribution < -0.4 is 10.6 Å². The van der Waals surface area contributed by atoms with Gasteiger partial charge in [-0.2, -0.15) is 4.98 Å². The summed E-state index contributed by atoms with van der Waals surface area (Å²) in [4.78, 5) is 20.3. The normalized spacial score (nSPS) is 15.3. The van der Waals surface area contributed by atoms with Crippen LogP contribution in [-0.2, 0) is 21.5 Å². The molecule has 0 fully saturated rings. The van der Waals surface area contributed by atoms with Gasteiger partial charge >= 0.3 is 0 Å². The Morgan fingerprint density at radius 1 is 1.34 bits per heavy atom. The second-order valence-corrected chi connectivity index (χ2v) is 7.15. The van der Waals surface area contributed by atoms with Crippen LogP contribution in [0.2, 0.25) is 0 Å². The van der Waals surface area contributed by atoms with Gasteiger partial charge in [-0.05, 0) is 26.8 Å². The minimum atomic E-state index is -0.968. The maximum absolute atomic E-state index is 13.8. The zero-order valence-corrected chi connectivity index (χ0v) is 16.6. The molecule has 152 valence electrons. The predicted octanol–water partition coefficient (Wildman–Crippen LogP) is 2.59. The number of aromatic hydroxyl groups is 1. The number of carbonyl (C=O) groups is 1. The smallest absolute Gasteiger partial charge is 0.235 e. The molecule has 8 nitrogen and oxygen atoms in total. The summed E-state index contributed by atoms with van der Waals surface area (Å²) in [7, 11) is 1.42. The van der Waals surface area contributed by atoms with Crippen molar-refractivity contribution in [2.45, 2.75) is 32.7 Å². The number of carbonyl (C=O) groups excluding carboxylic acids is 1. The Balaban J connectivity index is 1.89. The van der Waals surface area contributed by atoms with E-state index < -0.39 is 5.41 Å². The molecule has 0 unspecified atom stereocenters. The van der Waals surface area contributed by atoms with E-state index >= 15 is 0 Å². The summed E-state index contributed by atoms with van der Waals surface area (Å²) in [6, 6.07) is 6.33. The van der Waals surface area contributed by atoms with Crippen LogP contribution >= 0.6 is 0 Å². The van der Waals surface area contributed by atoms with Crippen LogP contribution in [0.5, 0.6) is 5.88 Å². The lowest BCUT2D eigenvalue weighted by molar-refractivity contribution is -0.119. The highest BCUT2D eigenvalue weighted by atomic mass is 19.1. The van der Waals surface area contributed by atoms with Gasteiger partial charge in [0.15, 0.2) is 11.7 Å². The number of nitrogens with one attached hydrogen (secondary N) is 3. The molecule has 9 heteroatoms. The van der Waals surface area contributed by atoms with E-state index in [1.165, 1.54) is 13.2 Å². The Hall–Kier alpha value is -3.49. The van der Waals surface area contributed by atoms with Gasteiger partial charge in [-0.1, -0.05) is 18.2 Å². The fourth-order valence-corrected chi connectivity index (χ4v) is 3.06. The van der Waals surface area contributed by atoms with Gasteiger partial charge in [-0.25, -0.2) is 9.37 Å². The summed E-state index contributed by atoms with van der Waals surface area (Å²) in [5.41, 5.74) is 0.0131. The lowest BCUT2D eigenvalue weighted by atomic mass is 9.87. The van der Waals surface area contributed by atoms with E-state index in [1.807, 2.05) is 0 Å². The number of methoxy groups -OCH3 is 1. The monoisotopic (exact) mass is 399 g/mol. The van der Waals surface area contributed by atoms with Crippen LogP contribution in [0.4, 0.5) is 10.2 Å². The molecule has 0 spiro atoms. The number of hydrogen-bond donors (Lipinski definition) is 4. The Bertz CT molecular complexity index is 1030. The second-order valence-electron chi connectivity index (χ2n) is 7.15. The molecule has 4 N–H and O–H groups in total. The van der Waals surface area contributed by atoms with E-state index in [1.54, 1.807) is 39.0 Å². The maximum Gasteiger partial charge on any atom is 0.235 e. The van der Waals surface area contributed by atoms with E-state index in [9.17, 15) is 14.3 Å². The van der Waals surface area contributed by atoms with Gasteiger partial charge < -0.3 is 20.5 Å². The van der Waals surface area contributed by atoms with Crippen LogP contribution in [0.15, 0.2) is 35.7 Å². The van der Waals surface area contributed by atoms with Crippen molar-refractivity contribution in [1.29, 1.82) is 5.41 Å². The molecule has 0 radical (unpaired) electrons. The molecular weight excluding hydrogens is 377 g/mol. The third-order valence-corrected chi connectivity index (χ3v) is 4.86. The number of allylic oxidation sites excluding steroid dienone is 1. The van der Waals surface area contributed by atoms with Crippen molar-refractivity contribution in [2.75, 3.05) is 12.4 Å². The number of nitrogens with zero attached hydrogens (tertiary/aromatic N) is 2. The summed E-state index contributed by atoms with van der Waals surface area (Å²) in [6.45, 7) is 5.08. The molecule has 0 aliphatic carbocycles. The molecule has 1 aromatic heterocycles. The number of ether oxygens (including phenoxy) is 1. The van der Waals surface area contributed by atoms with E-state index in [2.05, 4.69) is 20.6 Å². The Kier molecular flexibility index (Phi) is 5.23. The van der Waals surface area contributed by atoms with Crippen LogP contribution in [0.25, 0.3) is 0 Å². The van der Waals surface area contributed by atoms with Gasteiger partial charge in [0.1, 0.15) is 17.3 Å². The zero-order chi connectivity index (χ0) is 21.3. The summed E-state index contributed by atoms with van der Waals surface area (Å²) in [5.74, 6) is -0.668. The first kappa shape index (κ1) is 20.2. The molecule has 2 aromatic rings. The highest BCUT2D eigenvalue weighted by Crippen LogP contribution is 2.40. The number of anilines is 1. The Morgan fingerprint density at radius 2 is 2.03 bits per heavy atom. The minimum absolute atomic E-state index is 0.0704. The summed E-state index contributed by atoms with van der Waals surface area (Å²) < 4.78 is 19.1. The van der Waals surface area contributed by atoms with Crippen molar-refractivity contribution in [3.8, 4) is 5.88 Å². The van der Waals surface area contributed by atoms with Crippen molar-refractivity contribution < 1.29 is 19.0 Å². The lowest BCUT2D eigenvalue weighted by Gasteiger charge is -2.16. The predicted molar refractivity (Wildman–Crippen MR) is 105 cm³/mol. The third kappa shape index (κ3) is 3.63. The van der Waals surface area contributed by atoms with Crippen molar-refractivity contribution in [2.24, 2.45) is 0 Å². The highest BCUT2D eigenvalue weighted by molar-refractivity contribution is 6.10. The molecule has 1 aliphatic rings. The van der Waals surface area contributed by atoms with Gasteiger partial charge in [0.2, 0.25) is 11.8 Å². The first-order valence-electron chi connectivity index (χ1n) is 8.91.